The molecular weight excluding hydrogens is 492 g/mol. The smallest absolute Gasteiger partial charge is 0.234 e. The summed E-state index contributed by atoms with van der Waals surface area (Å²) in [6.07, 6.45) is 8.40. The van der Waals surface area contributed by atoms with Crippen molar-refractivity contribution < 1.29 is 9.90 Å². The summed E-state index contributed by atoms with van der Waals surface area (Å²) in [5.41, 5.74) is 3.99. The van der Waals surface area contributed by atoms with Crippen LogP contribution >= 0.6 is 0 Å². The van der Waals surface area contributed by atoms with Crippen LogP contribution in [0.3, 0.4) is 0 Å². The number of aliphatic hydroxyl groups is 1. The first kappa shape index (κ1) is 25.5. The SMILES string of the molecule is CN1c2cccc(c2)Nc2cc(ccn2)-c2cnc(nc2)N2CC(O)CC2CCNC(=O)CN2CCC1CC2. The molecule has 10 nitrogen and oxygen atoms in total. The molecule has 1 amide bonds. The summed E-state index contributed by atoms with van der Waals surface area (Å²) in [7, 11) is 2.15. The van der Waals surface area contributed by atoms with Crippen LogP contribution in [0.5, 0.6) is 0 Å². The van der Waals surface area contributed by atoms with E-state index < -0.39 is 6.10 Å². The number of rotatable bonds is 0. The zero-order chi connectivity index (χ0) is 26.8. The lowest BCUT2D eigenvalue weighted by atomic mass is 10.0. The lowest BCUT2D eigenvalue weighted by molar-refractivity contribution is -0.122. The Hall–Kier alpha value is -3.76. The van der Waals surface area contributed by atoms with Crippen LogP contribution < -0.4 is 20.4 Å². The fourth-order valence-corrected chi connectivity index (χ4v) is 5.97. The Morgan fingerprint density at radius 1 is 0.974 bits per heavy atom. The molecule has 2 fully saturated rings. The highest BCUT2D eigenvalue weighted by molar-refractivity contribution is 5.78. The molecule has 0 aliphatic carbocycles. The molecule has 0 radical (unpaired) electrons. The molecular formula is C29H36N8O2. The fraction of sp³-hybridized carbons (Fsp3) is 0.448. The summed E-state index contributed by atoms with van der Waals surface area (Å²) in [4.78, 5) is 33.2. The standard InChI is InChI=1S/C29H36N8O2/c1-35-23-7-11-36(12-8-23)19-28(39)31-10-6-25-15-26(38)18-37(25)29-32-16-21(17-33-29)20-5-9-30-27(13-20)34-22-3-2-4-24(35)14-22/h2-5,9,13-14,16-17,23,25-26,38H,6-8,10-12,15,18-19H2,1H3,(H,30,34)(H,31,39). The second-order valence-electron chi connectivity index (χ2n) is 10.8. The number of pyridine rings is 1. The minimum absolute atomic E-state index is 0.0556. The van der Waals surface area contributed by atoms with Gasteiger partial charge in [0.05, 0.1) is 12.6 Å². The second kappa shape index (κ2) is 11.2. The third kappa shape index (κ3) is 5.81. The van der Waals surface area contributed by atoms with Crippen LogP contribution in [-0.2, 0) is 4.79 Å². The van der Waals surface area contributed by atoms with Gasteiger partial charge in [-0.3, -0.25) is 9.69 Å². The van der Waals surface area contributed by atoms with E-state index in [9.17, 15) is 9.90 Å². The number of hydrogen-bond acceptors (Lipinski definition) is 9. The number of piperidine rings is 1. The van der Waals surface area contributed by atoms with Crippen LogP contribution in [0.25, 0.3) is 11.1 Å². The Morgan fingerprint density at radius 3 is 2.62 bits per heavy atom. The summed E-state index contributed by atoms with van der Waals surface area (Å²) < 4.78 is 0. The largest absolute Gasteiger partial charge is 0.391 e. The molecule has 6 aliphatic heterocycles. The van der Waals surface area contributed by atoms with Crippen molar-refractivity contribution in [1.29, 1.82) is 0 Å². The first-order valence-electron chi connectivity index (χ1n) is 13.8. The summed E-state index contributed by atoms with van der Waals surface area (Å²) in [5, 5.41) is 16.9. The number of carbonyl (C=O) groups excluding carboxylic acids is 1. The van der Waals surface area contributed by atoms with Crippen molar-refractivity contribution in [3.05, 3.63) is 55.0 Å². The number of nitrogens with zero attached hydrogens (tertiary/aromatic N) is 6. The van der Waals surface area contributed by atoms with Gasteiger partial charge in [0.2, 0.25) is 11.9 Å². The van der Waals surface area contributed by atoms with Crippen LogP contribution in [0.4, 0.5) is 23.1 Å². The maximum atomic E-state index is 12.7. The maximum absolute atomic E-state index is 12.7. The molecule has 9 rings (SSSR count). The summed E-state index contributed by atoms with van der Waals surface area (Å²) >= 11 is 0. The zero-order valence-corrected chi connectivity index (χ0v) is 22.3. The number of carbonyl (C=O) groups is 1. The topological polar surface area (TPSA) is 110 Å². The number of nitrogens with one attached hydrogen (secondary N) is 2. The maximum Gasteiger partial charge on any atom is 0.234 e. The van der Waals surface area contributed by atoms with Gasteiger partial charge in [-0.05, 0) is 61.6 Å². The van der Waals surface area contributed by atoms with Crippen molar-refractivity contribution in [2.75, 3.05) is 54.9 Å². The van der Waals surface area contributed by atoms with E-state index in [-0.39, 0.29) is 11.9 Å². The van der Waals surface area contributed by atoms with E-state index in [0.717, 1.165) is 60.7 Å². The number of anilines is 4. The molecule has 39 heavy (non-hydrogen) atoms. The van der Waals surface area contributed by atoms with Gasteiger partial charge in [-0.2, -0.15) is 0 Å². The van der Waals surface area contributed by atoms with E-state index in [2.05, 4.69) is 65.5 Å². The van der Waals surface area contributed by atoms with Crippen LogP contribution in [-0.4, -0.2) is 88.8 Å². The van der Waals surface area contributed by atoms with E-state index in [1.165, 1.54) is 0 Å². The molecule has 204 valence electrons. The number of amides is 1. The van der Waals surface area contributed by atoms with E-state index in [4.69, 9.17) is 0 Å². The van der Waals surface area contributed by atoms with Gasteiger partial charge < -0.3 is 25.5 Å². The Morgan fingerprint density at radius 2 is 1.79 bits per heavy atom. The molecule has 10 heteroatoms. The average Bonchev–Trinajstić information content (AvgIpc) is 3.33. The summed E-state index contributed by atoms with van der Waals surface area (Å²) in [6.45, 7) is 3.26. The van der Waals surface area contributed by atoms with Gasteiger partial charge in [0, 0.05) is 80.8 Å². The molecule has 6 aliphatic rings. The van der Waals surface area contributed by atoms with Gasteiger partial charge in [0.1, 0.15) is 5.82 Å². The van der Waals surface area contributed by atoms with Crippen molar-refractivity contribution in [2.45, 2.75) is 43.9 Å². The predicted octanol–water partition coefficient (Wildman–Crippen LogP) is 2.64. The molecule has 0 spiro atoms. The van der Waals surface area contributed by atoms with Crippen molar-refractivity contribution >= 4 is 29.0 Å². The molecule has 3 aromatic rings. The highest BCUT2D eigenvalue weighted by Crippen LogP contribution is 2.29. The zero-order valence-electron chi connectivity index (χ0n) is 22.3. The molecule has 2 saturated heterocycles. The molecule has 2 aromatic heterocycles. The van der Waals surface area contributed by atoms with Crippen LogP contribution in [0.2, 0.25) is 0 Å². The van der Waals surface area contributed by atoms with E-state index in [1.807, 2.05) is 30.6 Å². The Balaban J connectivity index is 1.28. The van der Waals surface area contributed by atoms with Crippen LogP contribution in [0.1, 0.15) is 25.7 Å². The van der Waals surface area contributed by atoms with Gasteiger partial charge >= 0.3 is 0 Å². The van der Waals surface area contributed by atoms with Crippen molar-refractivity contribution in [2.24, 2.45) is 0 Å². The highest BCUT2D eigenvalue weighted by atomic mass is 16.3. The van der Waals surface area contributed by atoms with Gasteiger partial charge in [-0.1, -0.05) is 6.07 Å². The Kier molecular flexibility index (Phi) is 7.30. The highest BCUT2D eigenvalue weighted by Gasteiger charge is 2.32. The Labute approximate surface area is 229 Å². The molecule has 8 bridgehead atoms. The summed E-state index contributed by atoms with van der Waals surface area (Å²) in [6, 6.07) is 12.9. The lowest BCUT2D eigenvalue weighted by Gasteiger charge is -2.37. The first-order valence-corrected chi connectivity index (χ1v) is 13.8. The van der Waals surface area contributed by atoms with Gasteiger partial charge in [0.25, 0.3) is 0 Å². The van der Waals surface area contributed by atoms with Crippen molar-refractivity contribution in [1.82, 2.24) is 25.2 Å². The third-order valence-corrected chi connectivity index (χ3v) is 8.18. The molecule has 0 saturated carbocycles. The quantitative estimate of drug-likeness (QED) is 0.406. The van der Waals surface area contributed by atoms with Crippen molar-refractivity contribution in [3.63, 3.8) is 0 Å². The Bertz CT molecular complexity index is 1290. The lowest BCUT2D eigenvalue weighted by Crippen LogP contribution is -2.47. The normalized spacial score (nSPS) is 25.6. The first-order chi connectivity index (χ1) is 19.0. The van der Waals surface area contributed by atoms with Gasteiger partial charge in [-0.25, -0.2) is 15.0 Å². The molecule has 8 heterocycles. The van der Waals surface area contributed by atoms with Crippen LogP contribution in [0, 0.1) is 0 Å². The number of hydrogen-bond donors (Lipinski definition) is 3. The third-order valence-electron chi connectivity index (χ3n) is 8.18. The van der Waals surface area contributed by atoms with E-state index in [0.29, 0.717) is 38.0 Å². The molecule has 1 aromatic carbocycles. The monoisotopic (exact) mass is 528 g/mol. The number of benzene rings is 1. The van der Waals surface area contributed by atoms with E-state index in [1.54, 1.807) is 6.20 Å². The number of aliphatic hydroxyl groups excluding tert-OH is 1. The van der Waals surface area contributed by atoms with Gasteiger partial charge in [0.15, 0.2) is 0 Å². The molecule has 3 N–H and O–H groups in total. The van der Waals surface area contributed by atoms with Crippen LogP contribution in [0.15, 0.2) is 55.0 Å². The fourth-order valence-electron chi connectivity index (χ4n) is 5.97. The average molecular weight is 529 g/mol. The summed E-state index contributed by atoms with van der Waals surface area (Å²) in [5.74, 6) is 1.41. The minimum atomic E-state index is -0.431. The van der Waals surface area contributed by atoms with Gasteiger partial charge in [-0.15, -0.1) is 0 Å². The minimum Gasteiger partial charge on any atom is -0.391 e. The van der Waals surface area contributed by atoms with E-state index >= 15 is 0 Å². The molecule has 2 unspecified atom stereocenters. The molecule has 2 atom stereocenters. The second-order valence-corrected chi connectivity index (χ2v) is 10.8. The van der Waals surface area contributed by atoms with Crippen molar-refractivity contribution in [3.8, 4) is 11.1 Å². The number of aromatic nitrogens is 3. The predicted molar refractivity (Wildman–Crippen MR) is 152 cm³/mol.